The third kappa shape index (κ3) is 16.0. The zero-order valence-corrected chi connectivity index (χ0v) is 31.0. The summed E-state index contributed by atoms with van der Waals surface area (Å²) in [4.78, 5) is 88.5. The minimum Gasteiger partial charge on any atom is -0.467 e. The lowest BCUT2D eigenvalue weighted by molar-refractivity contribution is -0.238. The molecule has 50 heavy (non-hydrogen) atoms. The van der Waals surface area contributed by atoms with Crippen LogP contribution in [0.4, 0.5) is 0 Å². The number of ether oxygens (including phenoxy) is 6. The summed E-state index contributed by atoms with van der Waals surface area (Å²) in [6, 6.07) is -1.32. The zero-order valence-electron chi connectivity index (χ0n) is 31.0. The molecule has 0 saturated carbocycles. The summed E-state index contributed by atoms with van der Waals surface area (Å²) < 4.78 is 32.8. The molecule has 1 rings (SSSR count). The van der Waals surface area contributed by atoms with Crippen LogP contribution >= 0.6 is 0 Å². The predicted octanol–water partition coefficient (Wildman–Crippen LogP) is 4.60. The van der Waals surface area contributed by atoms with Gasteiger partial charge in [0.25, 0.3) is 0 Å². The van der Waals surface area contributed by atoms with Crippen molar-refractivity contribution in [3.05, 3.63) is 0 Å². The van der Waals surface area contributed by atoms with Gasteiger partial charge in [-0.05, 0) is 6.42 Å². The fourth-order valence-corrected chi connectivity index (χ4v) is 6.23. The van der Waals surface area contributed by atoms with Crippen molar-refractivity contribution in [3.63, 3.8) is 0 Å². The van der Waals surface area contributed by atoms with Crippen LogP contribution in [0, 0.1) is 0 Å². The molecule has 0 bridgehead atoms. The number of hydrogen-bond acceptors (Lipinski definition) is 13. The van der Waals surface area contributed by atoms with E-state index in [0.29, 0.717) is 6.42 Å². The van der Waals surface area contributed by atoms with Gasteiger partial charge in [-0.25, -0.2) is 4.79 Å². The second-order valence-electron chi connectivity index (χ2n) is 12.9. The molecule has 1 fully saturated rings. The molecule has 0 aromatic carbocycles. The van der Waals surface area contributed by atoms with Gasteiger partial charge >= 0.3 is 29.8 Å². The summed E-state index contributed by atoms with van der Waals surface area (Å²) in [6.07, 6.45) is 7.38. The average Bonchev–Trinajstić information content (AvgIpc) is 3.03. The number of amides is 1. The predicted molar refractivity (Wildman–Crippen MR) is 180 cm³/mol. The molecule has 1 aliphatic heterocycles. The van der Waals surface area contributed by atoms with Crippen LogP contribution < -0.4 is 5.32 Å². The monoisotopic (exact) mass is 713 g/mol. The number of carbonyl (C=O) groups is 7. The molecular weight excluding hydrogens is 654 g/mol. The summed E-state index contributed by atoms with van der Waals surface area (Å²) in [5.74, 6) is -5.66. The number of methoxy groups -OCH3 is 1. The van der Waals surface area contributed by atoms with Crippen LogP contribution in [0.2, 0.25) is 0 Å². The van der Waals surface area contributed by atoms with Crippen LogP contribution in [0.5, 0.6) is 0 Å². The highest BCUT2D eigenvalue weighted by molar-refractivity contribution is 6.07. The number of Topliss-reactive ketones (excluding diaryl/α,β-unsaturated/α-hetero) is 1. The van der Waals surface area contributed by atoms with E-state index in [-0.39, 0.29) is 6.42 Å². The van der Waals surface area contributed by atoms with Gasteiger partial charge < -0.3 is 33.7 Å². The SMILES string of the molecule is CCCCCCCCCCCCCCCC(=O)[C@]1(C(=O)OC)C[C@H](OC(C)=O)[C@@H](NC(C)=O)[C@H]([C@@H](OC(C)=O)[C@@H](COC(C)=O)OC(C)=O)O1. The van der Waals surface area contributed by atoms with Crippen molar-refractivity contribution in [2.45, 2.75) is 174 Å². The highest BCUT2D eigenvalue weighted by Gasteiger charge is 2.61. The number of carbonyl (C=O) groups excluding carboxylic acids is 7. The Balaban J connectivity index is 3.30. The highest BCUT2D eigenvalue weighted by atomic mass is 16.6. The molecule has 0 aliphatic carbocycles. The summed E-state index contributed by atoms with van der Waals surface area (Å²) in [5, 5.41) is 2.60. The van der Waals surface area contributed by atoms with Gasteiger partial charge in [0, 0.05) is 47.5 Å². The first-order valence-corrected chi connectivity index (χ1v) is 17.9. The third-order valence-corrected chi connectivity index (χ3v) is 8.50. The highest BCUT2D eigenvalue weighted by Crippen LogP contribution is 2.38. The summed E-state index contributed by atoms with van der Waals surface area (Å²) >= 11 is 0. The van der Waals surface area contributed by atoms with Gasteiger partial charge in [0.05, 0.1) is 13.2 Å². The van der Waals surface area contributed by atoms with Crippen LogP contribution in [0.15, 0.2) is 0 Å². The lowest BCUT2D eigenvalue weighted by Crippen LogP contribution is -2.70. The number of rotatable bonds is 24. The quantitative estimate of drug-likeness (QED) is 0.0634. The Labute approximate surface area is 296 Å². The number of esters is 5. The fourth-order valence-electron chi connectivity index (χ4n) is 6.23. The average molecular weight is 714 g/mol. The van der Waals surface area contributed by atoms with Crippen LogP contribution in [0.3, 0.4) is 0 Å². The normalized spacial score (nSPS) is 21.2. The molecule has 14 heteroatoms. The molecule has 1 N–H and O–H groups in total. The first kappa shape index (κ1) is 44.5. The van der Waals surface area contributed by atoms with Gasteiger partial charge in [0.2, 0.25) is 11.5 Å². The van der Waals surface area contributed by atoms with Gasteiger partial charge in [-0.15, -0.1) is 0 Å². The van der Waals surface area contributed by atoms with E-state index in [1.807, 2.05) is 0 Å². The van der Waals surface area contributed by atoms with Crippen LogP contribution in [0.1, 0.15) is 138 Å². The van der Waals surface area contributed by atoms with Gasteiger partial charge in [0.15, 0.2) is 18.0 Å². The second-order valence-corrected chi connectivity index (χ2v) is 12.9. The number of nitrogens with one attached hydrogen (secondary N) is 1. The van der Waals surface area contributed by atoms with Crippen molar-refractivity contribution in [3.8, 4) is 0 Å². The molecule has 6 atom stereocenters. The van der Waals surface area contributed by atoms with Gasteiger partial charge in [0.1, 0.15) is 18.8 Å². The molecule has 1 amide bonds. The van der Waals surface area contributed by atoms with Crippen LogP contribution in [-0.4, -0.2) is 91.3 Å². The van der Waals surface area contributed by atoms with Crippen molar-refractivity contribution in [1.29, 1.82) is 0 Å². The van der Waals surface area contributed by atoms with Gasteiger partial charge in [-0.1, -0.05) is 84.0 Å². The molecule has 0 radical (unpaired) electrons. The van der Waals surface area contributed by atoms with Gasteiger partial charge in [-0.2, -0.15) is 0 Å². The summed E-state index contributed by atoms with van der Waals surface area (Å²) in [5.41, 5.74) is -2.35. The van der Waals surface area contributed by atoms with E-state index in [0.717, 1.165) is 66.9 Å². The number of hydrogen-bond donors (Lipinski definition) is 1. The Morgan fingerprint density at radius 3 is 1.68 bits per heavy atom. The largest absolute Gasteiger partial charge is 0.467 e. The first-order valence-electron chi connectivity index (χ1n) is 17.9. The van der Waals surface area contributed by atoms with Crippen LogP contribution in [-0.2, 0) is 62.0 Å². The Morgan fingerprint density at radius 2 is 1.24 bits per heavy atom. The van der Waals surface area contributed by atoms with E-state index in [4.69, 9.17) is 28.4 Å². The maximum Gasteiger partial charge on any atom is 0.346 e. The molecule has 0 unspecified atom stereocenters. The fraction of sp³-hybridized carbons (Fsp3) is 0.806. The lowest BCUT2D eigenvalue weighted by Gasteiger charge is -2.48. The first-order chi connectivity index (χ1) is 23.7. The molecular formula is C36H59NO13. The Hall–Kier alpha value is -3.55. The summed E-state index contributed by atoms with van der Waals surface area (Å²) in [7, 11) is 1.06. The number of ketones is 1. The van der Waals surface area contributed by atoms with E-state index in [1.54, 1.807) is 0 Å². The van der Waals surface area contributed by atoms with Crippen molar-refractivity contribution in [2.75, 3.05) is 13.7 Å². The minimum atomic E-state index is -2.35. The van der Waals surface area contributed by atoms with E-state index in [2.05, 4.69) is 12.2 Å². The molecule has 0 aromatic heterocycles. The zero-order chi connectivity index (χ0) is 37.7. The third-order valence-electron chi connectivity index (χ3n) is 8.50. The van der Waals surface area contributed by atoms with E-state index in [9.17, 15) is 33.6 Å². The maximum absolute atomic E-state index is 14.0. The van der Waals surface area contributed by atoms with Crippen molar-refractivity contribution >= 4 is 41.5 Å². The molecule has 1 saturated heterocycles. The molecule has 1 heterocycles. The molecule has 0 aromatic rings. The lowest BCUT2D eigenvalue weighted by atomic mass is 9.79. The Bertz CT molecular complexity index is 1130. The van der Waals surface area contributed by atoms with E-state index < -0.39 is 90.6 Å². The molecule has 286 valence electrons. The maximum atomic E-state index is 14.0. The van der Waals surface area contributed by atoms with Crippen LogP contribution in [0.25, 0.3) is 0 Å². The summed E-state index contributed by atoms with van der Waals surface area (Å²) in [6.45, 7) is 7.10. The molecule has 14 nitrogen and oxygen atoms in total. The van der Waals surface area contributed by atoms with E-state index >= 15 is 0 Å². The van der Waals surface area contributed by atoms with E-state index in [1.165, 1.54) is 51.9 Å². The molecule has 1 aliphatic rings. The standard InChI is InChI=1S/C36H59NO13/c1-8-9-10-11-12-13-14-15-16-17-18-19-20-21-31(43)36(35(44)45-7)22-29(47-26(4)40)32(37-24(2)38)34(50-36)33(49-28(6)42)30(48-27(5)41)23-46-25(3)39/h29-30,32-34H,8-23H2,1-7H3,(H,37,38)/t29-,30+,32+,33-,34+,36-/m0/s1. The van der Waals surface area contributed by atoms with Crippen molar-refractivity contribution < 1.29 is 62.0 Å². The molecule has 0 spiro atoms. The topological polar surface area (TPSA) is 187 Å². The van der Waals surface area contributed by atoms with Crippen molar-refractivity contribution in [2.24, 2.45) is 0 Å². The Kier molecular flexibility index (Phi) is 21.2. The van der Waals surface area contributed by atoms with Gasteiger partial charge in [-0.3, -0.25) is 28.8 Å². The smallest absolute Gasteiger partial charge is 0.346 e. The van der Waals surface area contributed by atoms with Crippen molar-refractivity contribution in [1.82, 2.24) is 5.32 Å². The minimum absolute atomic E-state index is 0.0871. The second kappa shape index (κ2) is 23.8. The Morgan fingerprint density at radius 1 is 0.720 bits per heavy atom. The number of unbranched alkanes of at least 4 members (excludes halogenated alkanes) is 12.